The molecule has 0 bridgehead atoms. The first-order valence-corrected chi connectivity index (χ1v) is 6.92. The maximum atomic E-state index is 10.9. The van der Waals surface area contributed by atoms with Crippen LogP contribution in [0.4, 0.5) is 0 Å². The normalized spacial score (nSPS) is 10.7. The van der Waals surface area contributed by atoms with Crippen molar-refractivity contribution in [2.45, 2.75) is 6.54 Å². The van der Waals surface area contributed by atoms with Crippen LogP contribution in [-0.2, 0) is 11.3 Å². The van der Waals surface area contributed by atoms with Gasteiger partial charge in [-0.3, -0.25) is 9.48 Å². The molecule has 2 aromatic carbocycles. The maximum absolute atomic E-state index is 10.9. The lowest BCUT2D eigenvalue weighted by Crippen LogP contribution is -2.06. The Bertz CT molecular complexity index is 768. The third-order valence-corrected chi connectivity index (χ3v) is 3.23. The summed E-state index contributed by atoms with van der Waals surface area (Å²) in [5.41, 5.74) is 2.10. The van der Waals surface area contributed by atoms with Crippen LogP contribution >= 0.6 is 11.6 Å². The summed E-state index contributed by atoms with van der Waals surface area (Å²) in [5, 5.41) is 4.76. The van der Waals surface area contributed by atoms with Gasteiger partial charge in [0, 0.05) is 0 Å². The van der Waals surface area contributed by atoms with Gasteiger partial charge in [0.25, 0.3) is 5.24 Å². The fourth-order valence-electron chi connectivity index (χ4n) is 2.21. The number of rotatable bonds is 5. The van der Waals surface area contributed by atoms with Gasteiger partial charge >= 0.3 is 0 Å². The number of benzene rings is 2. The number of carbonyl (C=O) groups is 1. The molecule has 0 radical (unpaired) electrons. The zero-order valence-corrected chi connectivity index (χ0v) is 12.0. The van der Waals surface area contributed by atoms with Crippen LogP contribution in [0.15, 0.2) is 54.6 Å². The first-order valence-electron chi connectivity index (χ1n) is 6.54. The molecule has 3 rings (SSSR count). The zero-order valence-electron chi connectivity index (χ0n) is 11.2. The molecule has 0 fully saturated rings. The predicted octanol–water partition coefficient (Wildman–Crippen LogP) is 3.23. The summed E-state index contributed by atoms with van der Waals surface area (Å²) < 4.78 is 7.25. The van der Waals surface area contributed by atoms with Crippen LogP contribution in [0.5, 0.6) is 5.88 Å². The number of ether oxygens (including phenoxy) is 1. The van der Waals surface area contributed by atoms with Crippen LogP contribution in [0.3, 0.4) is 0 Å². The van der Waals surface area contributed by atoms with Gasteiger partial charge in [-0.1, -0.05) is 42.5 Å². The van der Waals surface area contributed by atoms with Crippen LogP contribution in [-0.4, -0.2) is 21.6 Å². The van der Waals surface area contributed by atoms with E-state index in [9.17, 15) is 4.79 Å². The van der Waals surface area contributed by atoms with Gasteiger partial charge in [-0.25, -0.2) is 0 Å². The summed E-state index contributed by atoms with van der Waals surface area (Å²) in [5.74, 6) is 0.426. The minimum Gasteiger partial charge on any atom is -0.467 e. The van der Waals surface area contributed by atoms with Crippen molar-refractivity contribution in [3.8, 4) is 5.88 Å². The third kappa shape index (κ3) is 3.06. The van der Waals surface area contributed by atoms with Crippen LogP contribution < -0.4 is 4.74 Å². The minimum absolute atomic E-state index is 0.187. The quantitative estimate of drug-likeness (QED) is 0.680. The number of halogens is 1. The molecule has 106 valence electrons. The van der Waals surface area contributed by atoms with E-state index < -0.39 is 5.24 Å². The Kier molecular flexibility index (Phi) is 3.88. The Morgan fingerprint density at radius 3 is 2.57 bits per heavy atom. The molecule has 0 saturated carbocycles. The molecular weight excluding hydrogens is 288 g/mol. The summed E-state index contributed by atoms with van der Waals surface area (Å²) in [6, 6.07) is 17.8. The molecule has 5 heteroatoms. The van der Waals surface area contributed by atoms with Crippen molar-refractivity contribution < 1.29 is 9.53 Å². The van der Waals surface area contributed by atoms with Gasteiger partial charge in [0.05, 0.1) is 17.4 Å². The van der Waals surface area contributed by atoms with E-state index in [0.717, 1.165) is 16.5 Å². The van der Waals surface area contributed by atoms with E-state index >= 15 is 0 Å². The average molecular weight is 301 g/mol. The summed E-state index contributed by atoms with van der Waals surface area (Å²) in [6.45, 7) is 0.452. The number of fused-ring (bicyclic) bond motifs is 1. The van der Waals surface area contributed by atoms with E-state index in [1.807, 2.05) is 59.3 Å². The van der Waals surface area contributed by atoms with E-state index in [2.05, 4.69) is 5.10 Å². The largest absolute Gasteiger partial charge is 0.467 e. The molecule has 0 atom stereocenters. The molecule has 0 unspecified atom stereocenters. The predicted molar refractivity (Wildman–Crippen MR) is 81.6 cm³/mol. The first kappa shape index (κ1) is 13.6. The lowest BCUT2D eigenvalue weighted by molar-refractivity contribution is -0.113. The molecule has 0 saturated heterocycles. The van der Waals surface area contributed by atoms with Gasteiger partial charge in [-0.2, -0.15) is 0 Å². The first-order chi connectivity index (χ1) is 10.2. The van der Waals surface area contributed by atoms with Crippen LogP contribution in [0.25, 0.3) is 10.9 Å². The smallest absolute Gasteiger partial charge is 0.259 e. The van der Waals surface area contributed by atoms with E-state index in [4.69, 9.17) is 16.3 Å². The van der Waals surface area contributed by atoms with E-state index in [1.54, 1.807) is 0 Å². The Morgan fingerprint density at radius 1 is 1.10 bits per heavy atom. The molecule has 0 aliphatic carbocycles. The number of para-hydroxylation sites is 1. The Morgan fingerprint density at radius 2 is 1.81 bits per heavy atom. The van der Waals surface area contributed by atoms with Crippen LogP contribution in [0.2, 0.25) is 0 Å². The topological polar surface area (TPSA) is 44.1 Å². The lowest BCUT2D eigenvalue weighted by atomic mass is 10.2. The van der Waals surface area contributed by atoms with Crippen molar-refractivity contribution >= 4 is 27.7 Å². The summed E-state index contributed by atoms with van der Waals surface area (Å²) in [4.78, 5) is 10.9. The van der Waals surface area contributed by atoms with E-state index in [-0.39, 0.29) is 6.61 Å². The second-order valence-corrected chi connectivity index (χ2v) is 5.03. The number of hydrogen-bond donors (Lipinski definition) is 0. The lowest BCUT2D eigenvalue weighted by Gasteiger charge is -2.03. The SMILES string of the molecule is O=C(Cl)COc1nn(Cc2ccccc2)c2ccccc12. The molecular formula is C16H13ClN2O2. The van der Waals surface area contributed by atoms with Gasteiger partial charge in [0.2, 0.25) is 5.88 Å². The van der Waals surface area contributed by atoms with Crippen molar-refractivity contribution in [2.24, 2.45) is 0 Å². The molecule has 1 aromatic heterocycles. The number of nitrogens with zero attached hydrogens (tertiary/aromatic N) is 2. The molecule has 0 aliphatic rings. The fraction of sp³-hybridized carbons (Fsp3) is 0.125. The number of aromatic nitrogens is 2. The third-order valence-electron chi connectivity index (χ3n) is 3.12. The minimum atomic E-state index is -0.545. The summed E-state index contributed by atoms with van der Waals surface area (Å²) in [6.07, 6.45) is 0. The molecule has 3 aromatic rings. The van der Waals surface area contributed by atoms with E-state index in [0.29, 0.717) is 12.4 Å². The summed E-state index contributed by atoms with van der Waals surface area (Å²) >= 11 is 5.32. The monoisotopic (exact) mass is 300 g/mol. The van der Waals surface area contributed by atoms with Crippen molar-refractivity contribution in [1.29, 1.82) is 0 Å². The second-order valence-electron chi connectivity index (χ2n) is 4.61. The van der Waals surface area contributed by atoms with Crippen molar-refractivity contribution in [1.82, 2.24) is 9.78 Å². The Hall–Kier alpha value is -2.33. The maximum Gasteiger partial charge on any atom is 0.259 e. The Labute approximate surface area is 126 Å². The zero-order chi connectivity index (χ0) is 14.7. The molecule has 0 N–H and O–H groups in total. The highest BCUT2D eigenvalue weighted by Gasteiger charge is 2.12. The average Bonchev–Trinajstić information content (AvgIpc) is 2.85. The Balaban J connectivity index is 1.96. The van der Waals surface area contributed by atoms with Gasteiger partial charge in [-0.05, 0) is 29.3 Å². The highest BCUT2D eigenvalue weighted by Crippen LogP contribution is 2.25. The fourth-order valence-corrected chi connectivity index (χ4v) is 2.26. The number of carbonyl (C=O) groups excluding carboxylic acids is 1. The van der Waals surface area contributed by atoms with Crippen molar-refractivity contribution in [3.05, 3.63) is 60.2 Å². The molecule has 1 heterocycles. The molecule has 0 spiro atoms. The highest BCUT2D eigenvalue weighted by molar-refractivity contribution is 6.63. The standard InChI is InChI=1S/C16H13ClN2O2/c17-15(20)11-21-16-13-8-4-5-9-14(13)19(18-16)10-12-6-2-1-3-7-12/h1-9H,10-11H2. The van der Waals surface area contributed by atoms with Gasteiger partial charge in [0.1, 0.15) is 0 Å². The van der Waals surface area contributed by atoms with Crippen LogP contribution in [0, 0.1) is 0 Å². The molecule has 0 amide bonds. The van der Waals surface area contributed by atoms with Gasteiger partial charge in [0.15, 0.2) is 6.61 Å². The van der Waals surface area contributed by atoms with Gasteiger partial charge < -0.3 is 4.74 Å². The summed E-state index contributed by atoms with van der Waals surface area (Å²) in [7, 11) is 0. The second kappa shape index (κ2) is 5.97. The molecule has 21 heavy (non-hydrogen) atoms. The molecule has 4 nitrogen and oxygen atoms in total. The molecule has 0 aliphatic heterocycles. The van der Waals surface area contributed by atoms with Gasteiger partial charge in [-0.15, -0.1) is 5.10 Å². The van der Waals surface area contributed by atoms with Crippen molar-refractivity contribution in [2.75, 3.05) is 6.61 Å². The highest BCUT2D eigenvalue weighted by atomic mass is 35.5. The van der Waals surface area contributed by atoms with Crippen LogP contribution in [0.1, 0.15) is 5.56 Å². The van der Waals surface area contributed by atoms with E-state index in [1.165, 1.54) is 0 Å². The van der Waals surface area contributed by atoms with Crippen molar-refractivity contribution in [3.63, 3.8) is 0 Å². The number of hydrogen-bond acceptors (Lipinski definition) is 3.